The molecule has 0 aliphatic heterocycles. The van der Waals surface area contributed by atoms with Crippen LogP contribution in [0, 0.1) is 5.92 Å². The Balaban J connectivity index is 1.91. The smallest absolute Gasteiger partial charge is 0.0594 e. The zero-order chi connectivity index (χ0) is 11.8. The molecule has 0 aromatic heterocycles. The lowest BCUT2D eigenvalue weighted by molar-refractivity contribution is 0.0793. The van der Waals surface area contributed by atoms with E-state index in [2.05, 4.69) is 26.1 Å². The molecule has 1 aliphatic rings. The first-order valence-corrected chi connectivity index (χ1v) is 7.03. The van der Waals surface area contributed by atoms with Crippen LogP contribution < -0.4 is 5.32 Å². The highest BCUT2D eigenvalue weighted by Crippen LogP contribution is 2.28. The molecule has 16 heavy (non-hydrogen) atoms. The van der Waals surface area contributed by atoms with E-state index in [4.69, 9.17) is 4.74 Å². The van der Waals surface area contributed by atoms with E-state index < -0.39 is 0 Å². The average Bonchev–Trinajstić information content (AvgIpc) is 2.74. The molecule has 0 spiro atoms. The first-order valence-electron chi connectivity index (χ1n) is 7.03. The van der Waals surface area contributed by atoms with Gasteiger partial charge in [-0.3, -0.25) is 0 Å². The molecule has 1 unspecified atom stereocenters. The van der Waals surface area contributed by atoms with Gasteiger partial charge in [0.1, 0.15) is 0 Å². The normalized spacial score (nSPS) is 19.5. The number of hydrogen-bond donors (Lipinski definition) is 1. The average molecular weight is 227 g/mol. The fraction of sp³-hybridized carbons (Fsp3) is 1.00. The lowest BCUT2D eigenvalue weighted by atomic mass is 9.99. The van der Waals surface area contributed by atoms with Crippen LogP contribution in [0.15, 0.2) is 0 Å². The SMILES string of the molecule is CC(CCC1CCCC1)NCCOC(C)C. The Kier molecular flexibility index (Phi) is 7.06. The molecule has 0 amide bonds. The summed E-state index contributed by atoms with van der Waals surface area (Å²) < 4.78 is 5.51. The Labute approximate surface area is 101 Å². The van der Waals surface area contributed by atoms with Crippen molar-refractivity contribution in [3.05, 3.63) is 0 Å². The molecule has 0 aromatic carbocycles. The van der Waals surface area contributed by atoms with Gasteiger partial charge >= 0.3 is 0 Å². The quantitative estimate of drug-likeness (QED) is 0.642. The van der Waals surface area contributed by atoms with Crippen molar-refractivity contribution in [2.45, 2.75) is 71.4 Å². The molecular weight excluding hydrogens is 198 g/mol. The third-order valence-corrected chi connectivity index (χ3v) is 3.53. The third kappa shape index (κ3) is 6.49. The predicted octanol–water partition coefficient (Wildman–Crippen LogP) is 3.36. The van der Waals surface area contributed by atoms with Gasteiger partial charge in [0.25, 0.3) is 0 Å². The lowest BCUT2D eigenvalue weighted by Gasteiger charge is -2.16. The molecule has 0 bridgehead atoms. The molecule has 96 valence electrons. The van der Waals surface area contributed by atoms with Gasteiger partial charge in [-0.15, -0.1) is 0 Å². The second kappa shape index (κ2) is 8.08. The van der Waals surface area contributed by atoms with Crippen molar-refractivity contribution in [1.29, 1.82) is 0 Å². The van der Waals surface area contributed by atoms with Crippen molar-refractivity contribution in [3.63, 3.8) is 0 Å². The fourth-order valence-electron chi connectivity index (χ4n) is 2.49. The molecule has 1 rings (SSSR count). The van der Waals surface area contributed by atoms with Crippen LogP contribution in [0.5, 0.6) is 0 Å². The van der Waals surface area contributed by atoms with Crippen LogP contribution >= 0.6 is 0 Å². The molecule has 0 saturated heterocycles. The molecule has 0 heterocycles. The third-order valence-electron chi connectivity index (χ3n) is 3.53. The molecule has 1 saturated carbocycles. The minimum Gasteiger partial charge on any atom is -0.377 e. The first-order chi connectivity index (χ1) is 7.68. The highest BCUT2D eigenvalue weighted by atomic mass is 16.5. The summed E-state index contributed by atoms with van der Waals surface area (Å²) in [4.78, 5) is 0. The number of rotatable bonds is 8. The van der Waals surface area contributed by atoms with Crippen molar-refractivity contribution < 1.29 is 4.74 Å². The summed E-state index contributed by atoms with van der Waals surface area (Å²) in [5.41, 5.74) is 0. The molecule has 1 aliphatic carbocycles. The summed E-state index contributed by atoms with van der Waals surface area (Å²) in [6.45, 7) is 8.30. The van der Waals surface area contributed by atoms with Crippen molar-refractivity contribution >= 4 is 0 Å². The van der Waals surface area contributed by atoms with Gasteiger partial charge in [-0.25, -0.2) is 0 Å². The highest BCUT2D eigenvalue weighted by Gasteiger charge is 2.15. The maximum absolute atomic E-state index is 5.51. The Morgan fingerprint density at radius 2 is 1.88 bits per heavy atom. The summed E-state index contributed by atoms with van der Waals surface area (Å²) in [5, 5.41) is 3.54. The van der Waals surface area contributed by atoms with Crippen LogP contribution in [0.4, 0.5) is 0 Å². The van der Waals surface area contributed by atoms with Gasteiger partial charge < -0.3 is 10.1 Å². The molecule has 0 aromatic rings. The summed E-state index contributed by atoms with van der Waals surface area (Å²) in [7, 11) is 0. The van der Waals surface area contributed by atoms with Gasteiger partial charge in [0.2, 0.25) is 0 Å². The van der Waals surface area contributed by atoms with E-state index in [9.17, 15) is 0 Å². The van der Waals surface area contributed by atoms with E-state index in [-0.39, 0.29) is 0 Å². The van der Waals surface area contributed by atoms with Crippen LogP contribution in [-0.4, -0.2) is 25.3 Å². The lowest BCUT2D eigenvalue weighted by Crippen LogP contribution is -2.30. The van der Waals surface area contributed by atoms with Crippen LogP contribution in [0.2, 0.25) is 0 Å². The number of ether oxygens (including phenoxy) is 1. The minimum absolute atomic E-state index is 0.357. The molecule has 2 heteroatoms. The second-order valence-electron chi connectivity index (χ2n) is 5.50. The van der Waals surface area contributed by atoms with Gasteiger partial charge in [-0.05, 0) is 39.5 Å². The van der Waals surface area contributed by atoms with E-state index >= 15 is 0 Å². The van der Waals surface area contributed by atoms with Crippen LogP contribution in [0.25, 0.3) is 0 Å². The highest BCUT2D eigenvalue weighted by molar-refractivity contribution is 4.70. The Morgan fingerprint density at radius 3 is 2.50 bits per heavy atom. The van der Waals surface area contributed by atoms with Gasteiger partial charge in [-0.2, -0.15) is 0 Å². The second-order valence-corrected chi connectivity index (χ2v) is 5.50. The predicted molar refractivity (Wildman–Crippen MR) is 69.7 cm³/mol. The topological polar surface area (TPSA) is 21.3 Å². The zero-order valence-corrected chi connectivity index (χ0v) is 11.3. The van der Waals surface area contributed by atoms with Crippen LogP contribution in [-0.2, 0) is 4.74 Å². The molecule has 1 atom stereocenters. The maximum atomic E-state index is 5.51. The summed E-state index contributed by atoms with van der Waals surface area (Å²) >= 11 is 0. The molecule has 1 N–H and O–H groups in total. The Morgan fingerprint density at radius 1 is 1.19 bits per heavy atom. The molecule has 2 nitrogen and oxygen atoms in total. The molecular formula is C14H29NO. The molecule has 0 radical (unpaired) electrons. The van der Waals surface area contributed by atoms with Crippen molar-refractivity contribution in [2.75, 3.05) is 13.2 Å². The van der Waals surface area contributed by atoms with Gasteiger partial charge in [0.05, 0.1) is 12.7 Å². The first kappa shape index (κ1) is 14.0. The number of hydrogen-bond acceptors (Lipinski definition) is 2. The van der Waals surface area contributed by atoms with E-state index in [1.807, 2.05) is 0 Å². The van der Waals surface area contributed by atoms with Gasteiger partial charge in [-0.1, -0.05) is 25.7 Å². The summed E-state index contributed by atoms with van der Waals surface area (Å²) in [5.74, 6) is 1.02. The van der Waals surface area contributed by atoms with Crippen LogP contribution in [0.3, 0.4) is 0 Å². The van der Waals surface area contributed by atoms with E-state index in [1.165, 1.54) is 38.5 Å². The standard InChI is InChI=1S/C14H29NO/c1-12(2)16-11-10-15-13(3)8-9-14-6-4-5-7-14/h12-15H,4-11H2,1-3H3. The fourth-order valence-corrected chi connectivity index (χ4v) is 2.49. The number of nitrogens with one attached hydrogen (secondary N) is 1. The zero-order valence-electron chi connectivity index (χ0n) is 11.3. The maximum Gasteiger partial charge on any atom is 0.0594 e. The monoisotopic (exact) mass is 227 g/mol. The van der Waals surface area contributed by atoms with Crippen molar-refractivity contribution in [1.82, 2.24) is 5.32 Å². The van der Waals surface area contributed by atoms with E-state index in [0.717, 1.165) is 19.1 Å². The summed E-state index contributed by atoms with van der Waals surface area (Å²) in [6, 6.07) is 0.649. The van der Waals surface area contributed by atoms with Crippen molar-refractivity contribution in [3.8, 4) is 0 Å². The Bertz CT molecular complexity index is 164. The van der Waals surface area contributed by atoms with Gasteiger partial charge in [0, 0.05) is 12.6 Å². The molecule has 1 fully saturated rings. The Hall–Kier alpha value is -0.0800. The van der Waals surface area contributed by atoms with E-state index in [1.54, 1.807) is 0 Å². The largest absolute Gasteiger partial charge is 0.377 e. The summed E-state index contributed by atoms with van der Waals surface area (Å²) in [6.07, 6.45) is 8.98. The van der Waals surface area contributed by atoms with Gasteiger partial charge in [0.15, 0.2) is 0 Å². The van der Waals surface area contributed by atoms with Crippen molar-refractivity contribution in [2.24, 2.45) is 5.92 Å². The van der Waals surface area contributed by atoms with E-state index in [0.29, 0.717) is 12.1 Å². The minimum atomic E-state index is 0.357. The van der Waals surface area contributed by atoms with Crippen LogP contribution in [0.1, 0.15) is 59.3 Å².